The Kier molecular flexibility index (Phi) is 7.79. The zero-order valence-electron chi connectivity index (χ0n) is 14.6. The first-order valence-electron chi connectivity index (χ1n) is 7.88. The number of halogens is 1. The lowest BCUT2D eigenvalue weighted by Gasteiger charge is -2.21. The molecule has 0 aliphatic carbocycles. The standard InChI is InChI=1S/C17H26N2O4.ClH/c1-10-7-15(21-3)16(22-4)8-13(10)11(2)19-17(20)14-6-5-12(9-18)23-14;/h7-8,11-12,14H,5-6,9,18H2,1-4H3,(H,19,20);1H/t11?,12-,14+;/m1./s1. The van der Waals surface area contributed by atoms with E-state index in [-0.39, 0.29) is 30.5 Å². The van der Waals surface area contributed by atoms with Crippen LogP contribution in [-0.2, 0) is 9.53 Å². The first-order chi connectivity index (χ1) is 11.0. The molecule has 1 aromatic rings. The van der Waals surface area contributed by atoms with Gasteiger partial charge in [-0.1, -0.05) is 0 Å². The van der Waals surface area contributed by atoms with Crippen LogP contribution in [0.4, 0.5) is 0 Å². The van der Waals surface area contributed by atoms with Gasteiger partial charge in [0.1, 0.15) is 6.10 Å². The van der Waals surface area contributed by atoms with E-state index in [1.807, 2.05) is 26.0 Å². The minimum absolute atomic E-state index is 0. The Balaban J connectivity index is 0.00000288. The fourth-order valence-corrected chi connectivity index (χ4v) is 2.92. The fourth-order valence-electron chi connectivity index (χ4n) is 2.92. The number of amides is 1. The van der Waals surface area contributed by atoms with Crippen LogP contribution in [-0.4, -0.2) is 38.9 Å². The van der Waals surface area contributed by atoms with Crippen LogP contribution in [0.1, 0.15) is 36.9 Å². The van der Waals surface area contributed by atoms with Crippen molar-refractivity contribution in [2.24, 2.45) is 5.73 Å². The normalized spacial score (nSPS) is 20.9. The highest BCUT2D eigenvalue weighted by Gasteiger charge is 2.30. The number of aryl methyl sites for hydroxylation is 1. The minimum Gasteiger partial charge on any atom is -0.493 e. The summed E-state index contributed by atoms with van der Waals surface area (Å²) in [6.45, 7) is 4.38. The third-order valence-electron chi connectivity index (χ3n) is 4.26. The fraction of sp³-hybridized carbons (Fsp3) is 0.588. The average molecular weight is 359 g/mol. The molecular formula is C17H27ClN2O4. The summed E-state index contributed by atoms with van der Waals surface area (Å²) in [6.07, 6.45) is 1.12. The number of carbonyl (C=O) groups is 1. The van der Waals surface area contributed by atoms with Gasteiger partial charge >= 0.3 is 0 Å². The predicted octanol–water partition coefficient (Wildman–Crippen LogP) is 2.12. The molecular weight excluding hydrogens is 332 g/mol. The molecule has 1 amide bonds. The first-order valence-corrected chi connectivity index (χ1v) is 7.88. The Hall–Kier alpha value is -1.50. The lowest BCUT2D eigenvalue weighted by Crippen LogP contribution is -2.37. The SMILES string of the molecule is COc1cc(C)c(C(C)NC(=O)[C@@H]2CC[C@H](CN)O2)cc1OC.Cl. The van der Waals surface area contributed by atoms with E-state index in [9.17, 15) is 4.79 Å². The number of ether oxygens (including phenoxy) is 3. The second kappa shape index (κ2) is 9.11. The smallest absolute Gasteiger partial charge is 0.249 e. The summed E-state index contributed by atoms with van der Waals surface area (Å²) in [5.74, 6) is 1.23. The monoisotopic (exact) mass is 358 g/mol. The summed E-state index contributed by atoms with van der Waals surface area (Å²) < 4.78 is 16.3. The molecule has 3 atom stereocenters. The van der Waals surface area contributed by atoms with Crippen molar-refractivity contribution in [3.8, 4) is 11.5 Å². The molecule has 0 saturated carbocycles. The van der Waals surface area contributed by atoms with E-state index in [0.29, 0.717) is 24.5 Å². The third-order valence-corrected chi connectivity index (χ3v) is 4.26. The molecule has 6 nitrogen and oxygen atoms in total. The van der Waals surface area contributed by atoms with Crippen molar-refractivity contribution >= 4 is 18.3 Å². The number of hydrogen-bond acceptors (Lipinski definition) is 5. The molecule has 3 N–H and O–H groups in total. The van der Waals surface area contributed by atoms with Gasteiger partial charge in [0.2, 0.25) is 5.91 Å². The van der Waals surface area contributed by atoms with E-state index in [0.717, 1.165) is 17.5 Å². The van der Waals surface area contributed by atoms with Crippen molar-refractivity contribution in [2.75, 3.05) is 20.8 Å². The molecule has 136 valence electrons. The molecule has 1 heterocycles. The van der Waals surface area contributed by atoms with Gasteiger partial charge < -0.3 is 25.3 Å². The van der Waals surface area contributed by atoms with Crippen molar-refractivity contribution in [3.05, 3.63) is 23.3 Å². The Morgan fingerprint density at radius 2 is 1.96 bits per heavy atom. The topological polar surface area (TPSA) is 82.8 Å². The highest BCUT2D eigenvalue weighted by Crippen LogP contribution is 2.33. The molecule has 2 rings (SSSR count). The maximum absolute atomic E-state index is 12.3. The van der Waals surface area contributed by atoms with Crippen molar-refractivity contribution in [2.45, 2.75) is 44.9 Å². The Bertz CT molecular complexity index is 568. The Morgan fingerprint density at radius 1 is 1.33 bits per heavy atom. The number of nitrogens with two attached hydrogens (primary N) is 1. The van der Waals surface area contributed by atoms with Crippen LogP contribution in [0.3, 0.4) is 0 Å². The number of nitrogens with one attached hydrogen (secondary N) is 1. The summed E-state index contributed by atoms with van der Waals surface area (Å²) in [5.41, 5.74) is 7.61. The molecule has 1 fully saturated rings. The maximum atomic E-state index is 12.3. The van der Waals surface area contributed by atoms with Gasteiger partial charge in [-0.3, -0.25) is 4.79 Å². The summed E-state index contributed by atoms with van der Waals surface area (Å²) in [4.78, 5) is 12.3. The van der Waals surface area contributed by atoms with Crippen molar-refractivity contribution in [3.63, 3.8) is 0 Å². The van der Waals surface area contributed by atoms with Crippen molar-refractivity contribution in [1.82, 2.24) is 5.32 Å². The zero-order chi connectivity index (χ0) is 17.0. The van der Waals surface area contributed by atoms with E-state index in [1.54, 1.807) is 14.2 Å². The highest BCUT2D eigenvalue weighted by molar-refractivity contribution is 5.85. The average Bonchev–Trinajstić information content (AvgIpc) is 3.03. The molecule has 1 saturated heterocycles. The summed E-state index contributed by atoms with van der Waals surface area (Å²) in [5, 5.41) is 3.01. The molecule has 1 aliphatic heterocycles. The van der Waals surface area contributed by atoms with Gasteiger partial charge in [-0.05, 0) is 49.9 Å². The largest absolute Gasteiger partial charge is 0.493 e. The molecule has 1 aromatic carbocycles. The van der Waals surface area contributed by atoms with Crippen LogP contribution >= 0.6 is 12.4 Å². The summed E-state index contributed by atoms with van der Waals surface area (Å²) >= 11 is 0. The van der Waals surface area contributed by atoms with Gasteiger partial charge in [0, 0.05) is 6.54 Å². The molecule has 0 spiro atoms. The quantitative estimate of drug-likeness (QED) is 0.813. The molecule has 1 aliphatic rings. The van der Waals surface area contributed by atoms with Crippen LogP contribution in [0.5, 0.6) is 11.5 Å². The van der Waals surface area contributed by atoms with Gasteiger partial charge in [0.15, 0.2) is 11.5 Å². The van der Waals surface area contributed by atoms with Gasteiger partial charge in [0.05, 0.1) is 26.4 Å². The summed E-state index contributed by atoms with van der Waals surface area (Å²) in [7, 11) is 3.20. The van der Waals surface area contributed by atoms with E-state index in [1.165, 1.54) is 0 Å². The van der Waals surface area contributed by atoms with E-state index in [4.69, 9.17) is 19.9 Å². The molecule has 0 bridgehead atoms. The molecule has 24 heavy (non-hydrogen) atoms. The Labute approximate surface area is 149 Å². The number of hydrogen-bond donors (Lipinski definition) is 2. The van der Waals surface area contributed by atoms with Gasteiger partial charge in [-0.25, -0.2) is 0 Å². The second-order valence-electron chi connectivity index (χ2n) is 5.85. The molecule has 1 unspecified atom stereocenters. The lowest BCUT2D eigenvalue weighted by atomic mass is 10.0. The second-order valence-corrected chi connectivity index (χ2v) is 5.85. The van der Waals surface area contributed by atoms with Crippen LogP contribution in [0, 0.1) is 6.92 Å². The van der Waals surface area contributed by atoms with E-state index >= 15 is 0 Å². The number of carbonyl (C=O) groups excluding carboxylic acids is 1. The van der Waals surface area contributed by atoms with Crippen LogP contribution in [0.25, 0.3) is 0 Å². The van der Waals surface area contributed by atoms with Crippen molar-refractivity contribution in [1.29, 1.82) is 0 Å². The zero-order valence-corrected chi connectivity index (χ0v) is 15.4. The molecule has 0 radical (unpaired) electrons. The van der Waals surface area contributed by atoms with Crippen LogP contribution < -0.4 is 20.5 Å². The number of rotatable bonds is 6. The Morgan fingerprint density at radius 3 is 2.50 bits per heavy atom. The van der Waals surface area contributed by atoms with E-state index < -0.39 is 6.10 Å². The van der Waals surface area contributed by atoms with Crippen LogP contribution in [0.15, 0.2) is 12.1 Å². The maximum Gasteiger partial charge on any atom is 0.249 e. The van der Waals surface area contributed by atoms with Gasteiger partial charge in [-0.15, -0.1) is 12.4 Å². The third kappa shape index (κ3) is 4.53. The minimum atomic E-state index is -0.411. The number of methoxy groups -OCH3 is 2. The first kappa shape index (κ1) is 20.5. The molecule has 0 aromatic heterocycles. The van der Waals surface area contributed by atoms with Crippen LogP contribution in [0.2, 0.25) is 0 Å². The van der Waals surface area contributed by atoms with Gasteiger partial charge in [-0.2, -0.15) is 0 Å². The van der Waals surface area contributed by atoms with E-state index in [2.05, 4.69) is 5.32 Å². The van der Waals surface area contributed by atoms with Crippen molar-refractivity contribution < 1.29 is 19.0 Å². The molecule has 7 heteroatoms. The lowest BCUT2D eigenvalue weighted by molar-refractivity contribution is -0.132. The predicted molar refractivity (Wildman–Crippen MR) is 95.0 cm³/mol. The summed E-state index contributed by atoms with van der Waals surface area (Å²) in [6, 6.07) is 3.66. The number of benzene rings is 1. The highest BCUT2D eigenvalue weighted by atomic mass is 35.5. The van der Waals surface area contributed by atoms with Gasteiger partial charge in [0.25, 0.3) is 0 Å².